The maximum atomic E-state index is 13.2. The van der Waals surface area contributed by atoms with Crippen molar-refractivity contribution in [1.29, 1.82) is 0 Å². The average Bonchev–Trinajstić information content (AvgIpc) is 3.57. The van der Waals surface area contributed by atoms with Crippen LogP contribution in [0.2, 0.25) is 0 Å². The van der Waals surface area contributed by atoms with Gasteiger partial charge in [-0.25, -0.2) is 4.98 Å². The van der Waals surface area contributed by atoms with E-state index in [1.807, 2.05) is 29.6 Å². The van der Waals surface area contributed by atoms with Crippen molar-refractivity contribution in [2.45, 2.75) is 37.6 Å². The second kappa shape index (κ2) is 11.5. The lowest BCUT2D eigenvalue weighted by atomic mass is 9.87. The Morgan fingerprint density at radius 1 is 0.921 bits per heavy atom. The van der Waals surface area contributed by atoms with Crippen LogP contribution >= 0.6 is 11.3 Å². The zero-order chi connectivity index (χ0) is 26.4. The quantitative estimate of drug-likeness (QED) is 0.214. The van der Waals surface area contributed by atoms with Gasteiger partial charge in [-0.05, 0) is 52.7 Å². The van der Waals surface area contributed by atoms with Crippen molar-refractivity contribution in [3.63, 3.8) is 0 Å². The number of thiazole rings is 1. The van der Waals surface area contributed by atoms with E-state index < -0.39 is 11.8 Å². The lowest BCUT2D eigenvalue weighted by Crippen LogP contribution is -2.39. The Bertz CT molecular complexity index is 1490. The molecule has 1 fully saturated rings. The predicted octanol–water partition coefficient (Wildman–Crippen LogP) is 5.44. The molecular weight excluding hydrogens is 494 g/mol. The van der Waals surface area contributed by atoms with Gasteiger partial charge in [0.1, 0.15) is 5.01 Å². The van der Waals surface area contributed by atoms with Gasteiger partial charge in [-0.15, -0.1) is 11.3 Å². The Hall–Kier alpha value is -4.10. The van der Waals surface area contributed by atoms with Crippen molar-refractivity contribution in [3.8, 4) is 0 Å². The fraction of sp³-hybridized carbons (Fsp3) is 0.226. The lowest BCUT2D eigenvalue weighted by molar-refractivity contribution is -0.139. The average molecular weight is 524 g/mol. The Labute approximate surface area is 225 Å². The molecule has 1 heterocycles. The predicted molar refractivity (Wildman–Crippen MR) is 151 cm³/mol. The third-order valence-corrected chi connectivity index (χ3v) is 7.84. The molecule has 1 aliphatic carbocycles. The molecule has 1 saturated carbocycles. The fourth-order valence-electron chi connectivity index (χ4n) is 4.75. The molecule has 7 heteroatoms. The molecule has 1 aliphatic rings. The van der Waals surface area contributed by atoms with Gasteiger partial charge in [0.05, 0.1) is 0 Å². The summed E-state index contributed by atoms with van der Waals surface area (Å²) >= 11 is 1.49. The van der Waals surface area contributed by atoms with E-state index in [0.717, 1.165) is 24.3 Å². The molecule has 6 nitrogen and oxygen atoms in total. The van der Waals surface area contributed by atoms with Crippen molar-refractivity contribution in [3.05, 3.63) is 106 Å². The van der Waals surface area contributed by atoms with Crippen LogP contribution < -0.4 is 10.6 Å². The first-order chi connectivity index (χ1) is 18.5. The number of amides is 2. The number of fused-ring (bicyclic) bond motifs is 1. The van der Waals surface area contributed by atoms with Gasteiger partial charge in [-0.2, -0.15) is 0 Å². The number of hydrogen-bond donors (Lipinski definition) is 2. The van der Waals surface area contributed by atoms with Gasteiger partial charge in [0.2, 0.25) is 0 Å². The van der Waals surface area contributed by atoms with Gasteiger partial charge in [-0.3, -0.25) is 14.4 Å². The summed E-state index contributed by atoms with van der Waals surface area (Å²) < 4.78 is 0. The Kier molecular flexibility index (Phi) is 7.75. The molecule has 2 N–H and O–H groups in total. The molecule has 0 aliphatic heterocycles. The van der Waals surface area contributed by atoms with Gasteiger partial charge in [0, 0.05) is 36.7 Å². The number of benzene rings is 3. The minimum Gasteiger partial charge on any atom is -0.344 e. The maximum Gasteiger partial charge on any atom is 0.309 e. The van der Waals surface area contributed by atoms with Crippen LogP contribution in [0.1, 0.15) is 52.2 Å². The first kappa shape index (κ1) is 25.5. The normalized spacial score (nSPS) is 13.9. The lowest BCUT2D eigenvalue weighted by Gasteiger charge is -2.17. The highest BCUT2D eigenvalue weighted by Gasteiger charge is 2.44. The summed E-state index contributed by atoms with van der Waals surface area (Å²) in [4.78, 5) is 41.8. The van der Waals surface area contributed by atoms with E-state index in [-0.39, 0.29) is 24.3 Å². The third kappa shape index (κ3) is 6.06. The second-order valence-corrected chi connectivity index (χ2v) is 10.5. The summed E-state index contributed by atoms with van der Waals surface area (Å²) in [6, 6.07) is 22.2. The summed E-state index contributed by atoms with van der Waals surface area (Å²) in [6.07, 6.45) is 8.63. The van der Waals surface area contributed by atoms with Crippen LogP contribution in [-0.2, 0) is 21.5 Å². The molecule has 0 saturated heterocycles. The molecule has 0 unspecified atom stereocenters. The standard InChI is InChI=1S/C31H29N3O3S/c35-27(13-14-31(15-16-31)25-12-11-22-6-1-2-7-23(22)20-25)26-9-4-3-8-24(26)21-34-30(37)29(36)33-17-5-10-28-32-18-19-38-28/h1-12,18-20H,13-17,21H2,(H,33,36)(H,34,37)/b10-5+. The number of carbonyl (C=O) groups excluding carboxylic acids is 3. The van der Waals surface area contributed by atoms with Crippen LogP contribution in [0.4, 0.5) is 0 Å². The van der Waals surface area contributed by atoms with Crippen LogP contribution in [0.3, 0.4) is 0 Å². The fourth-order valence-corrected chi connectivity index (χ4v) is 5.31. The van der Waals surface area contributed by atoms with Crippen molar-refractivity contribution in [2.24, 2.45) is 0 Å². The smallest absolute Gasteiger partial charge is 0.309 e. The highest BCUT2D eigenvalue weighted by molar-refractivity contribution is 7.10. The van der Waals surface area contributed by atoms with Crippen LogP contribution in [0.15, 0.2) is 84.4 Å². The minimum absolute atomic E-state index is 0.0543. The van der Waals surface area contributed by atoms with Crippen LogP contribution in [-0.4, -0.2) is 29.1 Å². The zero-order valence-corrected chi connectivity index (χ0v) is 21.8. The second-order valence-electron chi connectivity index (χ2n) is 9.59. The van der Waals surface area contributed by atoms with Crippen LogP contribution in [0.5, 0.6) is 0 Å². The Morgan fingerprint density at radius 2 is 1.68 bits per heavy atom. The molecule has 4 aromatic rings. The minimum atomic E-state index is -0.733. The number of nitrogens with one attached hydrogen (secondary N) is 2. The number of aromatic nitrogens is 1. The summed E-state index contributed by atoms with van der Waals surface area (Å²) in [7, 11) is 0. The molecule has 0 spiro atoms. The molecule has 38 heavy (non-hydrogen) atoms. The number of hydrogen-bond acceptors (Lipinski definition) is 5. The van der Waals surface area contributed by atoms with Crippen LogP contribution in [0, 0.1) is 0 Å². The van der Waals surface area contributed by atoms with Crippen molar-refractivity contribution in [2.75, 3.05) is 6.54 Å². The number of carbonyl (C=O) groups is 3. The number of ketones is 1. The van der Waals surface area contributed by atoms with Crippen molar-refractivity contribution < 1.29 is 14.4 Å². The summed E-state index contributed by atoms with van der Waals surface area (Å²) in [5.74, 6) is -1.40. The number of rotatable bonds is 10. The topological polar surface area (TPSA) is 88.2 Å². The summed E-state index contributed by atoms with van der Waals surface area (Å²) in [5.41, 5.74) is 2.67. The number of Topliss-reactive ketones (excluding diaryl/α,β-unsaturated/α-hetero) is 1. The maximum absolute atomic E-state index is 13.2. The van der Waals surface area contributed by atoms with Gasteiger partial charge in [0.25, 0.3) is 0 Å². The van der Waals surface area contributed by atoms with Crippen LogP contribution in [0.25, 0.3) is 16.8 Å². The van der Waals surface area contributed by atoms with Crippen molar-refractivity contribution >= 4 is 45.8 Å². The molecule has 5 rings (SSSR count). The third-order valence-electron chi connectivity index (χ3n) is 7.10. The Morgan fingerprint density at radius 3 is 2.47 bits per heavy atom. The van der Waals surface area contributed by atoms with E-state index in [1.165, 1.54) is 27.7 Å². The van der Waals surface area contributed by atoms with E-state index >= 15 is 0 Å². The van der Waals surface area contributed by atoms with E-state index in [9.17, 15) is 14.4 Å². The molecular formula is C31H29N3O3S. The van der Waals surface area contributed by atoms with E-state index in [2.05, 4.69) is 52.0 Å². The van der Waals surface area contributed by atoms with E-state index in [0.29, 0.717) is 17.5 Å². The molecule has 0 atom stereocenters. The SMILES string of the molecule is O=C(NC/C=C/c1nccs1)C(=O)NCc1ccccc1C(=O)CCC1(c2ccc3ccccc3c2)CC1. The molecule has 1 aromatic heterocycles. The number of nitrogens with zero attached hydrogens (tertiary/aromatic N) is 1. The highest BCUT2D eigenvalue weighted by atomic mass is 32.1. The molecule has 0 radical (unpaired) electrons. The molecule has 192 valence electrons. The van der Waals surface area contributed by atoms with Gasteiger partial charge in [0.15, 0.2) is 5.78 Å². The Balaban J connectivity index is 1.15. The van der Waals surface area contributed by atoms with Gasteiger partial charge < -0.3 is 10.6 Å². The largest absolute Gasteiger partial charge is 0.344 e. The van der Waals surface area contributed by atoms with Gasteiger partial charge >= 0.3 is 11.8 Å². The zero-order valence-electron chi connectivity index (χ0n) is 21.0. The monoisotopic (exact) mass is 523 g/mol. The van der Waals surface area contributed by atoms with E-state index in [1.54, 1.807) is 24.4 Å². The van der Waals surface area contributed by atoms with E-state index in [4.69, 9.17) is 0 Å². The highest BCUT2D eigenvalue weighted by Crippen LogP contribution is 2.52. The first-order valence-electron chi connectivity index (χ1n) is 12.8. The van der Waals surface area contributed by atoms with Crippen molar-refractivity contribution in [1.82, 2.24) is 15.6 Å². The molecule has 0 bridgehead atoms. The first-order valence-corrected chi connectivity index (χ1v) is 13.6. The molecule has 3 aromatic carbocycles. The summed E-state index contributed by atoms with van der Waals surface area (Å²) in [6.45, 7) is 0.332. The summed E-state index contributed by atoms with van der Waals surface area (Å²) in [5, 5.41) is 10.3. The molecule has 2 amide bonds. The van der Waals surface area contributed by atoms with Gasteiger partial charge in [-0.1, -0.05) is 72.8 Å².